The second kappa shape index (κ2) is 8.33. The van der Waals surface area contributed by atoms with E-state index in [4.69, 9.17) is 0 Å². The summed E-state index contributed by atoms with van der Waals surface area (Å²) in [5, 5.41) is 6.74. The first-order chi connectivity index (χ1) is 12.6. The average molecular weight is 353 g/mol. The highest BCUT2D eigenvalue weighted by molar-refractivity contribution is 5.89. The van der Waals surface area contributed by atoms with Gasteiger partial charge in [0.25, 0.3) is 0 Å². The first-order valence-electron chi connectivity index (χ1n) is 8.69. The van der Waals surface area contributed by atoms with Crippen molar-refractivity contribution in [3.05, 3.63) is 54.7 Å². The quantitative estimate of drug-likeness (QED) is 0.537. The van der Waals surface area contributed by atoms with Gasteiger partial charge >= 0.3 is 0 Å². The fourth-order valence-electron chi connectivity index (χ4n) is 2.99. The van der Waals surface area contributed by atoms with Crippen LogP contribution in [-0.2, 0) is 22.6 Å². The van der Waals surface area contributed by atoms with Gasteiger partial charge in [-0.15, -0.1) is 0 Å². The highest BCUT2D eigenvalue weighted by Gasteiger charge is 2.21. The number of rotatable bonds is 8. The maximum Gasteiger partial charge on any atom is 0.242 e. The van der Waals surface area contributed by atoms with E-state index in [-0.39, 0.29) is 11.8 Å². The Morgan fingerprint density at radius 2 is 2.15 bits per heavy atom. The number of carbonyl (C=O) groups excluding carboxylic acids is 2. The summed E-state index contributed by atoms with van der Waals surface area (Å²) in [6.45, 7) is 2.75. The van der Waals surface area contributed by atoms with E-state index in [9.17, 15) is 9.59 Å². The molecule has 7 heteroatoms. The van der Waals surface area contributed by atoms with Crippen LogP contribution < -0.4 is 10.6 Å². The van der Waals surface area contributed by atoms with Crippen LogP contribution in [0, 0.1) is 0 Å². The number of hydrogen-bond donors (Lipinski definition) is 3. The van der Waals surface area contributed by atoms with Crippen LogP contribution >= 0.6 is 0 Å². The molecule has 0 bridgehead atoms. The van der Waals surface area contributed by atoms with Crippen molar-refractivity contribution in [2.75, 3.05) is 6.54 Å². The summed E-state index contributed by atoms with van der Waals surface area (Å²) in [6.07, 6.45) is 8.50. The molecule has 0 unspecified atom stereocenters. The summed E-state index contributed by atoms with van der Waals surface area (Å²) in [7, 11) is 0. The van der Waals surface area contributed by atoms with E-state index >= 15 is 0 Å². The lowest BCUT2D eigenvalue weighted by Gasteiger charge is -2.17. The largest absolute Gasteiger partial charge is 0.361 e. The summed E-state index contributed by atoms with van der Waals surface area (Å²) >= 11 is 0. The second-order valence-corrected chi connectivity index (χ2v) is 6.26. The van der Waals surface area contributed by atoms with Crippen LogP contribution in [0.4, 0.5) is 0 Å². The van der Waals surface area contributed by atoms with Crippen molar-refractivity contribution < 1.29 is 9.59 Å². The molecule has 3 aromatic rings. The third-order valence-electron chi connectivity index (χ3n) is 4.24. The van der Waals surface area contributed by atoms with E-state index in [1.807, 2.05) is 41.2 Å². The Morgan fingerprint density at radius 1 is 1.31 bits per heavy atom. The number of amides is 2. The summed E-state index contributed by atoms with van der Waals surface area (Å²) < 4.78 is 1.96. The molecule has 2 heterocycles. The molecule has 1 atom stereocenters. The van der Waals surface area contributed by atoms with Crippen LogP contribution in [-0.4, -0.2) is 38.9 Å². The van der Waals surface area contributed by atoms with Crippen molar-refractivity contribution in [2.45, 2.75) is 32.4 Å². The van der Waals surface area contributed by atoms with Crippen molar-refractivity contribution in [3.63, 3.8) is 0 Å². The zero-order valence-corrected chi connectivity index (χ0v) is 14.7. The Hall–Kier alpha value is -3.09. The van der Waals surface area contributed by atoms with Crippen molar-refractivity contribution >= 4 is 22.7 Å². The first-order valence-corrected chi connectivity index (χ1v) is 8.69. The molecule has 26 heavy (non-hydrogen) atoms. The summed E-state index contributed by atoms with van der Waals surface area (Å²) in [6, 6.07) is 7.32. The zero-order valence-electron chi connectivity index (χ0n) is 14.7. The van der Waals surface area contributed by atoms with E-state index in [1.54, 1.807) is 12.5 Å². The third kappa shape index (κ3) is 4.50. The van der Waals surface area contributed by atoms with Gasteiger partial charge in [-0.2, -0.15) is 0 Å². The number of carbonyl (C=O) groups is 2. The van der Waals surface area contributed by atoms with Crippen molar-refractivity contribution in [1.29, 1.82) is 0 Å². The lowest BCUT2D eigenvalue weighted by atomic mass is 10.0. The Morgan fingerprint density at radius 3 is 2.92 bits per heavy atom. The van der Waals surface area contributed by atoms with Gasteiger partial charge in [-0.3, -0.25) is 9.59 Å². The van der Waals surface area contributed by atoms with Crippen molar-refractivity contribution in [2.24, 2.45) is 0 Å². The number of fused-ring (bicyclic) bond motifs is 1. The summed E-state index contributed by atoms with van der Waals surface area (Å²) in [4.78, 5) is 31.3. The van der Waals surface area contributed by atoms with Gasteiger partial charge in [0.1, 0.15) is 6.04 Å². The van der Waals surface area contributed by atoms with Crippen LogP contribution in [0.2, 0.25) is 0 Å². The molecule has 0 radical (unpaired) electrons. The molecular weight excluding hydrogens is 330 g/mol. The molecule has 136 valence electrons. The van der Waals surface area contributed by atoms with Gasteiger partial charge in [0.2, 0.25) is 11.8 Å². The van der Waals surface area contributed by atoms with E-state index in [0.29, 0.717) is 13.0 Å². The van der Waals surface area contributed by atoms with E-state index in [2.05, 4.69) is 20.6 Å². The van der Waals surface area contributed by atoms with Crippen LogP contribution in [0.25, 0.3) is 10.9 Å². The molecule has 1 aromatic carbocycles. The molecule has 3 rings (SSSR count). The van der Waals surface area contributed by atoms with Crippen LogP contribution in [0.15, 0.2) is 49.2 Å². The van der Waals surface area contributed by atoms with Gasteiger partial charge in [-0.25, -0.2) is 4.98 Å². The maximum absolute atomic E-state index is 12.5. The molecule has 0 aliphatic heterocycles. The van der Waals surface area contributed by atoms with E-state index in [0.717, 1.165) is 29.4 Å². The van der Waals surface area contributed by atoms with E-state index < -0.39 is 6.04 Å². The topological polar surface area (TPSA) is 91.8 Å². The number of imidazole rings is 1. The number of hydrogen-bond acceptors (Lipinski definition) is 3. The predicted octanol–water partition coefficient (Wildman–Crippen LogP) is 1.62. The van der Waals surface area contributed by atoms with Gasteiger partial charge in [0.05, 0.1) is 6.33 Å². The molecular formula is C19H23N5O2. The van der Waals surface area contributed by atoms with Gasteiger partial charge < -0.3 is 20.2 Å². The second-order valence-electron chi connectivity index (χ2n) is 6.26. The first kappa shape index (κ1) is 17.7. The fourth-order valence-corrected chi connectivity index (χ4v) is 2.99. The Kier molecular flexibility index (Phi) is 5.68. The van der Waals surface area contributed by atoms with Gasteiger partial charge in [-0.05, 0) is 18.1 Å². The van der Waals surface area contributed by atoms with E-state index in [1.165, 1.54) is 6.92 Å². The van der Waals surface area contributed by atoms with Crippen LogP contribution in [0.5, 0.6) is 0 Å². The number of nitrogens with one attached hydrogen (secondary N) is 3. The Bertz CT molecular complexity index is 869. The molecule has 7 nitrogen and oxygen atoms in total. The number of H-pyrrole nitrogens is 1. The third-order valence-corrected chi connectivity index (χ3v) is 4.24. The maximum atomic E-state index is 12.5. The summed E-state index contributed by atoms with van der Waals surface area (Å²) in [5.41, 5.74) is 2.03. The molecule has 0 spiro atoms. The lowest BCUT2D eigenvalue weighted by molar-refractivity contribution is -0.128. The molecule has 3 N–H and O–H groups in total. The lowest BCUT2D eigenvalue weighted by Crippen LogP contribution is -2.47. The molecule has 0 saturated carbocycles. The minimum absolute atomic E-state index is 0.170. The zero-order chi connectivity index (χ0) is 18.4. The molecule has 0 aliphatic rings. The minimum atomic E-state index is -0.597. The number of aromatic amines is 1. The molecule has 0 saturated heterocycles. The number of nitrogens with zero attached hydrogens (tertiary/aromatic N) is 2. The SMILES string of the molecule is CC(=O)N[C@@H](Cc1c[nH]c2ccccc12)C(=O)NCCCn1ccnc1. The molecule has 0 fully saturated rings. The van der Waals surface area contributed by atoms with Gasteiger partial charge in [0.15, 0.2) is 0 Å². The Balaban J connectivity index is 1.59. The average Bonchev–Trinajstić information content (AvgIpc) is 3.28. The minimum Gasteiger partial charge on any atom is -0.361 e. The Labute approximate surface area is 151 Å². The number of benzene rings is 1. The number of para-hydroxylation sites is 1. The standard InChI is InChI=1S/C19H23N5O2/c1-14(25)23-18(11-15-12-22-17-6-3-2-5-16(15)17)19(26)21-7-4-9-24-10-8-20-13-24/h2-3,5-6,8,10,12-13,18,22H,4,7,9,11H2,1H3,(H,21,26)(H,23,25)/t18-/m0/s1. The smallest absolute Gasteiger partial charge is 0.242 e. The van der Waals surface area contributed by atoms with Crippen molar-refractivity contribution in [1.82, 2.24) is 25.2 Å². The predicted molar refractivity (Wildman–Crippen MR) is 99.5 cm³/mol. The normalized spacial score (nSPS) is 12.0. The highest BCUT2D eigenvalue weighted by Crippen LogP contribution is 2.19. The molecule has 0 aliphatic carbocycles. The fraction of sp³-hybridized carbons (Fsp3) is 0.316. The summed E-state index contributed by atoms with van der Waals surface area (Å²) in [5.74, 6) is -0.389. The van der Waals surface area contributed by atoms with Crippen LogP contribution in [0.3, 0.4) is 0 Å². The highest BCUT2D eigenvalue weighted by atomic mass is 16.2. The van der Waals surface area contributed by atoms with Gasteiger partial charge in [-0.1, -0.05) is 18.2 Å². The molecule has 2 amide bonds. The number of aryl methyl sites for hydroxylation is 1. The van der Waals surface area contributed by atoms with Gasteiger partial charge in [0, 0.05) is 55.9 Å². The van der Waals surface area contributed by atoms with Crippen molar-refractivity contribution in [3.8, 4) is 0 Å². The van der Waals surface area contributed by atoms with Crippen LogP contribution in [0.1, 0.15) is 18.9 Å². The number of aromatic nitrogens is 3. The molecule has 2 aromatic heterocycles. The monoisotopic (exact) mass is 353 g/mol.